The van der Waals surface area contributed by atoms with E-state index in [1.54, 1.807) is 11.3 Å². The van der Waals surface area contributed by atoms with Crippen molar-refractivity contribution in [1.29, 1.82) is 0 Å². The molecule has 1 N–H and O–H groups in total. The van der Waals surface area contributed by atoms with Gasteiger partial charge in [-0.15, -0.1) is 11.3 Å². The van der Waals surface area contributed by atoms with Gasteiger partial charge < -0.3 is 5.32 Å². The van der Waals surface area contributed by atoms with Crippen LogP contribution >= 0.6 is 22.9 Å². The molecule has 0 bridgehead atoms. The van der Waals surface area contributed by atoms with E-state index in [-0.39, 0.29) is 6.04 Å². The summed E-state index contributed by atoms with van der Waals surface area (Å²) >= 11 is 8.23. The number of thiophene rings is 1. The molecule has 0 aliphatic carbocycles. The first kappa shape index (κ1) is 15.6. The Kier molecular flexibility index (Phi) is 4.90. The van der Waals surface area contributed by atoms with Gasteiger partial charge >= 0.3 is 0 Å². The Labute approximate surface area is 131 Å². The van der Waals surface area contributed by atoms with Crippen LogP contribution in [0.25, 0.3) is 0 Å². The third-order valence-electron chi connectivity index (χ3n) is 3.79. The van der Waals surface area contributed by atoms with Gasteiger partial charge in [0.2, 0.25) is 0 Å². The first-order valence-corrected chi connectivity index (χ1v) is 8.26. The molecule has 1 nitrogen and oxygen atoms in total. The van der Waals surface area contributed by atoms with Crippen molar-refractivity contribution in [2.75, 3.05) is 6.54 Å². The Hall–Kier alpha value is -0.830. The Morgan fingerprint density at radius 2 is 1.70 bits per heavy atom. The summed E-state index contributed by atoms with van der Waals surface area (Å²) in [6, 6.07) is 4.75. The van der Waals surface area contributed by atoms with Crippen molar-refractivity contribution >= 4 is 22.9 Å². The average Bonchev–Trinajstić information content (AvgIpc) is 2.72. The predicted octanol–water partition coefficient (Wildman–Crippen LogP) is 5.33. The summed E-state index contributed by atoms with van der Waals surface area (Å²) in [7, 11) is 0. The van der Waals surface area contributed by atoms with Crippen LogP contribution in [0.1, 0.15) is 45.7 Å². The first-order valence-electron chi connectivity index (χ1n) is 7.00. The molecule has 3 heteroatoms. The molecular weight excluding hydrogens is 286 g/mol. The summed E-state index contributed by atoms with van der Waals surface area (Å²) in [6.07, 6.45) is 0. The van der Waals surface area contributed by atoms with Crippen molar-refractivity contribution in [3.8, 4) is 0 Å². The fourth-order valence-corrected chi connectivity index (χ4v) is 3.88. The van der Waals surface area contributed by atoms with Gasteiger partial charge in [-0.1, -0.05) is 30.7 Å². The van der Waals surface area contributed by atoms with E-state index in [2.05, 4.69) is 57.4 Å². The molecule has 2 aromatic rings. The molecule has 1 heterocycles. The molecule has 20 heavy (non-hydrogen) atoms. The van der Waals surface area contributed by atoms with Gasteiger partial charge in [0.05, 0.1) is 11.1 Å². The Morgan fingerprint density at radius 3 is 2.25 bits per heavy atom. The highest BCUT2D eigenvalue weighted by Gasteiger charge is 2.21. The van der Waals surface area contributed by atoms with Gasteiger partial charge in [-0.05, 0) is 67.4 Å². The normalized spacial score (nSPS) is 12.7. The van der Waals surface area contributed by atoms with Gasteiger partial charge in [-0.3, -0.25) is 0 Å². The molecule has 2 rings (SSSR count). The Balaban J connectivity index is 2.54. The third kappa shape index (κ3) is 2.93. The minimum atomic E-state index is 0.186. The van der Waals surface area contributed by atoms with Crippen LogP contribution in [0.5, 0.6) is 0 Å². The van der Waals surface area contributed by atoms with Gasteiger partial charge in [0.1, 0.15) is 0 Å². The Bertz CT molecular complexity index is 616. The van der Waals surface area contributed by atoms with Crippen LogP contribution in [0, 0.1) is 27.7 Å². The maximum Gasteiger partial charge on any atom is 0.0688 e. The molecule has 0 saturated carbocycles. The lowest BCUT2D eigenvalue weighted by Gasteiger charge is -2.21. The zero-order valence-corrected chi connectivity index (χ0v) is 14.4. The summed E-state index contributed by atoms with van der Waals surface area (Å²) in [5.41, 5.74) is 6.49. The fraction of sp³-hybridized carbons (Fsp3) is 0.412. The molecule has 0 aliphatic heterocycles. The number of hydrogen-bond acceptors (Lipinski definition) is 2. The molecule has 1 unspecified atom stereocenters. The van der Waals surface area contributed by atoms with Crippen molar-refractivity contribution in [3.63, 3.8) is 0 Å². The number of rotatable bonds is 4. The van der Waals surface area contributed by atoms with E-state index >= 15 is 0 Å². The monoisotopic (exact) mass is 307 g/mol. The second kappa shape index (κ2) is 6.30. The fourth-order valence-electron chi connectivity index (χ4n) is 2.49. The smallest absolute Gasteiger partial charge is 0.0688 e. The SMILES string of the molecule is CCNC(c1cc(C)c(C)cc1C)c1scc(C)c1Cl. The van der Waals surface area contributed by atoms with Crippen LogP contribution in [-0.4, -0.2) is 6.54 Å². The third-order valence-corrected chi connectivity index (χ3v) is 5.57. The van der Waals surface area contributed by atoms with Gasteiger partial charge in [0.15, 0.2) is 0 Å². The predicted molar refractivity (Wildman–Crippen MR) is 90.2 cm³/mol. The van der Waals surface area contributed by atoms with E-state index in [0.717, 1.165) is 17.1 Å². The number of halogens is 1. The minimum absolute atomic E-state index is 0.186. The lowest BCUT2D eigenvalue weighted by molar-refractivity contribution is 0.636. The second-order valence-corrected chi connectivity index (χ2v) is 6.67. The molecular formula is C17H22ClNS. The van der Waals surface area contributed by atoms with Crippen LogP contribution in [0.4, 0.5) is 0 Å². The quantitative estimate of drug-likeness (QED) is 0.804. The largest absolute Gasteiger partial charge is 0.306 e. The van der Waals surface area contributed by atoms with Gasteiger partial charge in [-0.2, -0.15) is 0 Å². The summed E-state index contributed by atoms with van der Waals surface area (Å²) in [5.74, 6) is 0. The molecule has 108 valence electrons. The van der Waals surface area contributed by atoms with Gasteiger partial charge in [0, 0.05) is 4.88 Å². The summed E-state index contributed by atoms with van der Waals surface area (Å²) < 4.78 is 0. The maximum atomic E-state index is 6.48. The summed E-state index contributed by atoms with van der Waals surface area (Å²) in [6.45, 7) is 11.6. The molecule has 0 radical (unpaired) electrons. The van der Waals surface area contributed by atoms with Crippen molar-refractivity contribution in [3.05, 3.63) is 55.2 Å². The lowest BCUT2D eigenvalue weighted by Crippen LogP contribution is -2.22. The van der Waals surface area contributed by atoms with Crippen LogP contribution in [-0.2, 0) is 0 Å². The zero-order valence-electron chi connectivity index (χ0n) is 12.8. The van der Waals surface area contributed by atoms with Gasteiger partial charge in [0.25, 0.3) is 0 Å². The number of benzene rings is 1. The average molecular weight is 308 g/mol. The zero-order chi connectivity index (χ0) is 14.9. The highest BCUT2D eigenvalue weighted by Crippen LogP contribution is 2.37. The number of aryl methyl sites for hydroxylation is 4. The Morgan fingerprint density at radius 1 is 1.05 bits per heavy atom. The van der Waals surface area contributed by atoms with Crippen LogP contribution in [0.2, 0.25) is 5.02 Å². The highest BCUT2D eigenvalue weighted by atomic mass is 35.5. The minimum Gasteiger partial charge on any atom is -0.306 e. The molecule has 0 saturated heterocycles. The number of hydrogen-bond donors (Lipinski definition) is 1. The molecule has 0 spiro atoms. The molecule has 1 atom stereocenters. The first-order chi connectivity index (χ1) is 9.45. The molecule has 1 aromatic carbocycles. The molecule has 0 aliphatic rings. The van der Waals surface area contributed by atoms with Gasteiger partial charge in [-0.25, -0.2) is 0 Å². The van der Waals surface area contributed by atoms with Crippen molar-refractivity contribution in [1.82, 2.24) is 5.32 Å². The second-order valence-electron chi connectivity index (χ2n) is 5.38. The standard InChI is InChI=1S/C17H22ClNS/c1-6-19-16(17-15(18)13(5)9-20-17)14-8-11(3)10(2)7-12(14)4/h7-9,16,19H,6H2,1-5H3. The maximum absolute atomic E-state index is 6.48. The molecule has 0 fully saturated rings. The van der Waals surface area contributed by atoms with Crippen LogP contribution in [0.15, 0.2) is 17.5 Å². The topological polar surface area (TPSA) is 12.0 Å². The van der Waals surface area contributed by atoms with Crippen molar-refractivity contribution < 1.29 is 0 Å². The van der Waals surface area contributed by atoms with Crippen LogP contribution in [0.3, 0.4) is 0 Å². The molecule has 1 aromatic heterocycles. The number of nitrogens with one attached hydrogen (secondary N) is 1. The van der Waals surface area contributed by atoms with E-state index in [9.17, 15) is 0 Å². The van der Waals surface area contributed by atoms with E-state index in [4.69, 9.17) is 11.6 Å². The van der Waals surface area contributed by atoms with Crippen molar-refractivity contribution in [2.45, 2.75) is 40.7 Å². The summed E-state index contributed by atoms with van der Waals surface area (Å²) in [4.78, 5) is 1.22. The lowest BCUT2D eigenvalue weighted by atomic mass is 9.94. The highest BCUT2D eigenvalue weighted by molar-refractivity contribution is 7.10. The molecule has 0 amide bonds. The van der Waals surface area contributed by atoms with E-state index in [1.807, 2.05) is 0 Å². The van der Waals surface area contributed by atoms with Crippen molar-refractivity contribution in [2.24, 2.45) is 0 Å². The summed E-state index contributed by atoms with van der Waals surface area (Å²) in [5, 5.41) is 6.62. The van der Waals surface area contributed by atoms with E-state index in [1.165, 1.54) is 27.1 Å². The van der Waals surface area contributed by atoms with E-state index < -0.39 is 0 Å². The van der Waals surface area contributed by atoms with Crippen LogP contribution < -0.4 is 5.32 Å². The van der Waals surface area contributed by atoms with E-state index in [0.29, 0.717) is 0 Å².